The van der Waals surface area contributed by atoms with Crippen LogP contribution in [-0.2, 0) is 0 Å². The van der Waals surface area contributed by atoms with Gasteiger partial charge in [-0.25, -0.2) is 0 Å². The minimum Gasteiger partial charge on any atom is -0.0648 e. The third kappa shape index (κ3) is 0.746. The van der Waals surface area contributed by atoms with Crippen molar-refractivity contribution in [2.24, 2.45) is 34.5 Å². The van der Waals surface area contributed by atoms with E-state index in [9.17, 15) is 0 Å². The molecule has 4 aliphatic rings. The van der Waals surface area contributed by atoms with Gasteiger partial charge in [-0.15, -0.1) is 0 Å². The van der Waals surface area contributed by atoms with Crippen molar-refractivity contribution in [1.29, 1.82) is 0 Å². The Hall–Kier alpha value is 0. The van der Waals surface area contributed by atoms with Crippen LogP contribution in [0.4, 0.5) is 0 Å². The van der Waals surface area contributed by atoms with Crippen LogP contribution >= 0.6 is 0 Å². The van der Waals surface area contributed by atoms with Crippen LogP contribution in [0.25, 0.3) is 0 Å². The molecule has 4 aliphatic carbocycles. The smallest absolute Gasteiger partial charge is 0.0207 e. The Balaban J connectivity index is 1.86. The lowest BCUT2D eigenvalue weighted by molar-refractivity contribution is -0.0309. The summed E-state index contributed by atoms with van der Waals surface area (Å²) >= 11 is 0. The van der Waals surface area contributed by atoms with E-state index in [1.165, 1.54) is 6.42 Å². The molecule has 0 heteroatoms. The fourth-order valence-corrected chi connectivity index (χ4v) is 6.98. The predicted octanol–water partition coefficient (Wildman–Crippen LogP) is 4.25. The van der Waals surface area contributed by atoms with Gasteiger partial charge in [0.15, 0.2) is 0 Å². The first kappa shape index (κ1) is 9.07. The van der Waals surface area contributed by atoms with E-state index in [0.29, 0.717) is 0 Å². The predicted molar refractivity (Wildman–Crippen MR) is 62.5 cm³/mol. The SMILES string of the molecule is CCC12CCC(C1)C1C3CCC(C3)C12C. The van der Waals surface area contributed by atoms with Gasteiger partial charge in [0, 0.05) is 0 Å². The molecule has 4 saturated carbocycles. The van der Waals surface area contributed by atoms with Crippen LogP contribution in [0.5, 0.6) is 0 Å². The van der Waals surface area contributed by atoms with E-state index >= 15 is 0 Å². The van der Waals surface area contributed by atoms with Crippen molar-refractivity contribution in [2.75, 3.05) is 0 Å². The molecule has 4 rings (SSSR count). The third-order valence-electron chi connectivity index (χ3n) is 7.50. The van der Waals surface area contributed by atoms with Gasteiger partial charge in [-0.2, -0.15) is 0 Å². The van der Waals surface area contributed by atoms with E-state index in [0.717, 1.165) is 34.5 Å². The molecule has 0 radical (unpaired) electrons. The van der Waals surface area contributed by atoms with Crippen molar-refractivity contribution in [2.45, 2.75) is 58.8 Å². The fraction of sp³-hybridized carbons (Fsp3) is 1.00. The van der Waals surface area contributed by atoms with Gasteiger partial charge in [0.25, 0.3) is 0 Å². The second kappa shape index (κ2) is 2.46. The first-order chi connectivity index (χ1) is 7.21. The Labute approximate surface area is 93.8 Å². The van der Waals surface area contributed by atoms with Gasteiger partial charge < -0.3 is 0 Å². The molecule has 84 valence electrons. The Morgan fingerprint density at radius 2 is 2.00 bits per heavy atom. The summed E-state index contributed by atoms with van der Waals surface area (Å²) in [5.41, 5.74) is 1.58. The molecule has 0 saturated heterocycles. The van der Waals surface area contributed by atoms with Crippen molar-refractivity contribution in [3.05, 3.63) is 0 Å². The molecule has 6 unspecified atom stereocenters. The first-order valence-electron chi connectivity index (χ1n) is 7.21. The van der Waals surface area contributed by atoms with Gasteiger partial charge in [0.1, 0.15) is 0 Å². The van der Waals surface area contributed by atoms with Gasteiger partial charge >= 0.3 is 0 Å². The summed E-state index contributed by atoms with van der Waals surface area (Å²) < 4.78 is 0. The number of hydrogen-bond donors (Lipinski definition) is 0. The highest BCUT2D eigenvalue weighted by Crippen LogP contribution is 2.79. The maximum atomic E-state index is 2.70. The largest absolute Gasteiger partial charge is 0.0648 e. The topological polar surface area (TPSA) is 0 Å². The van der Waals surface area contributed by atoms with Crippen LogP contribution in [-0.4, -0.2) is 0 Å². The molecular formula is C15H24. The Bertz CT molecular complexity index is 307. The monoisotopic (exact) mass is 204 g/mol. The van der Waals surface area contributed by atoms with E-state index in [2.05, 4.69) is 13.8 Å². The standard InChI is InChI=1S/C15H24/c1-3-15-7-6-11(9-15)13-10-4-5-12(8-10)14(13,15)2/h10-13H,3-9H2,1-2H3. The van der Waals surface area contributed by atoms with Crippen LogP contribution in [0.3, 0.4) is 0 Å². The fourth-order valence-electron chi connectivity index (χ4n) is 6.98. The highest BCUT2D eigenvalue weighted by Gasteiger charge is 2.71. The highest BCUT2D eigenvalue weighted by atomic mass is 14.8. The van der Waals surface area contributed by atoms with Crippen molar-refractivity contribution < 1.29 is 0 Å². The minimum atomic E-state index is 0.785. The summed E-state index contributed by atoms with van der Waals surface area (Å²) in [7, 11) is 0. The molecule has 0 aromatic carbocycles. The quantitative estimate of drug-likeness (QED) is 0.560. The maximum Gasteiger partial charge on any atom is -0.0207 e. The van der Waals surface area contributed by atoms with E-state index in [1.807, 2.05) is 0 Å². The Morgan fingerprint density at radius 1 is 1.13 bits per heavy atom. The zero-order valence-electron chi connectivity index (χ0n) is 10.3. The van der Waals surface area contributed by atoms with E-state index < -0.39 is 0 Å². The summed E-state index contributed by atoms with van der Waals surface area (Å²) in [4.78, 5) is 0. The molecule has 0 nitrogen and oxygen atoms in total. The molecule has 0 aromatic rings. The molecule has 0 heterocycles. The van der Waals surface area contributed by atoms with Crippen molar-refractivity contribution in [1.82, 2.24) is 0 Å². The van der Waals surface area contributed by atoms with Gasteiger partial charge in [-0.1, -0.05) is 13.8 Å². The average molecular weight is 204 g/mol. The molecule has 4 bridgehead atoms. The summed E-state index contributed by atoms with van der Waals surface area (Å²) in [5.74, 6) is 4.58. The van der Waals surface area contributed by atoms with Crippen LogP contribution in [0.1, 0.15) is 58.8 Å². The van der Waals surface area contributed by atoms with Crippen molar-refractivity contribution >= 4 is 0 Å². The van der Waals surface area contributed by atoms with Crippen LogP contribution in [0.2, 0.25) is 0 Å². The lowest BCUT2D eigenvalue weighted by Crippen LogP contribution is -2.45. The van der Waals surface area contributed by atoms with Gasteiger partial charge in [0.05, 0.1) is 0 Å². The zero-order chi connectivity index (χ0) is 10.3. The molecule has 0 amide bonds. The molecule has 0 aromatic heterocycles. The van der Waals surface area contributed by atoms with Crippen LogP contribution < -0.4 is 0 Å². The molecule has 15 heavy (non-hydrogen) atoms. The van der Waals surface area contributed by atoms with Gasteiger partial charge in [-0.05, 0) is 79.4 Å². The molecule has 0 spiro atoms. The summed E-state index contributed by atoms with van der Waals surface area (Å²) in [6.45, 7) is 5.17. The normalized spacial score (nSPS) is 65.2. The third-order valence-corrected chi connectivity index (χ3v) is 7.50. The second-order valence-electron chi connectivity index (χ2n) is 7.22. The first-order valence-corrected chi connectivity index (χ1v) is 7.21. The average Bonchev–Trinajstić information content (AvgIpc) is 2.93. The molecular weight excluding hydrogens is 180 g/mol. The number of hydrogen-bond acceptors (Lipinski definition) is 0. The van der Waals surface area contributed by atoms with Crippen molar-refractivity contribution in [3.8, 4) is 0 Å². The molecule has 0 N–H and O–H groups in total. The maximum absolute atomic E-state index is 2.70. The zero-order valence-corrected chi connectivity index (χ0v) is 10.3. The Kier molecular flexibility index (Phi) is 1.49. The van der Waals surface area contributed by atoms with Gasteiger partial charge in [0.2, 0.25) is 0 Å². The summed E-state index contributed by atoms with van der Waals surface area (Å²) in [5, 5.41) is 0. The molecule has 6 atom stereocenters. The van der Waals surface area contributed by atoms with E-state index in [-0.39, 0.29) is 0 Å². The molecule has 4 fully saturated rings. The lowest BCUT2D eigenvalue weighted by Gasteiger charge is -2.51. The summed E-state index contributed by atoms with van der Waals surface area (Å²) in [6.07, 6.45) is 11.0. The van der Waals surface area contributed by atoms with Crippen LogP contribution in [0, 0.1) is 34.5 Å². The Morgan fingerprint density at radius 3 is 2.80 bits per heavy atom. The van der Waals surface area contributed by atoms with Crippen molar-refractivity contribution in [3.63, 3.8) is 0 Å². The summed E-state index contributed by atoms with van der Waals surface area (Å²) in [6, 6.07) is 0. The van der Waals surface area contributed by atoms with Gasteiger partial charge in [-0.3, -0.25) is 0 Å². The molecule has 0 aliphatic heterocycles. The van der Waals surface area contributed by atoms with E-state index in [4.69, 9.17) is 0 Å². The minimum absolute atomic E-state index is 0.785. The number of fused-ring (bicyclic) bond motifs is 9. The van der Waals surface area contributed by atoms with Crippen LogP contribution in [0.15, 0.2) is 0 Å². The highest BCUT2D eigenvalue weighted by molar-refractivity contribution is 5.20. The second-order valence-corrected chi connectivity index (χ2v) is 7.22. The van der Waals surface area contributed by atoms with E-state index in [1.54, 1.807) is 38.5 Å². The lowest BCUT2D eigenvalue weighted by atomic mass is 9.53. The number of rotatable bonds is 1.